The highest BCUT2D eigenvalue weighted by molar-refractivity contribution is 7.98. The summed E-state index contributed by atoms with van der Waals surface area (Å²) in [5.74, 6) is 0.450. The molecule has 0 fully saturated rings. The van der Waals surface area contributed by atoms with Crippen LogP contribution in [0.5, 0.6) is 0 Å². The minimum Gasteiger partial charge on any atom is -0.467 e. The molecule has 0 saturated carbocycles. The molecule has 1 aliphatic carbocycles. The van der Waals surface area contributed by atoms with E-state index in [-0.39, 0.29) is 18.0 Å². The van der Waals surface area contributed by atoms with E-state index in [2.05, 4.69) is 10.3 Å². The number of aryl methyl sites for hydroxylation is 1. The Morgan fingerprint density at radius 2 is 2.36 bits per heavy atom. The largest absolute Gasteiger partial charge is 0.467 e. The average Bonchev–Trinajstić information content (AvgIpc) is 3.18. The molecule has 1 N–H and O–H groups in total. The van der Waals surface area contributed by atoms with Crippen molar-refractivity contribution in [3.8, 4) is 0 Å². The van der Waals surface area contributed by atoms with Crippen LogP contribution in [0.25, 0.3) is 0 Å². The number of carbonyl (C=O) groups is 1. The molecule has 0 aliphatic heterocycles. The summed E-state index contributed by atoms with van der Waals surface area (Å²) in [5, 5.41) is 3.35. The van der Waals surface area contributed by atoms with Gasteiger partial charge in [0.25, 0.3) is 5.56 Å². The molecular weight excluding hydrogens is 302 g/mol. The summed E-state index contributed by atoms with van der Waals surface area (Å²) in [6.45, 7) is 0.295. The maximum atomic E-state index is 12.5. The van der Waals surface area contributed by atoms with Crippen LogP contribution in [-0.2, 0) is 30.7 Å². The molecular formula is C15H17N3O3S. The molecule has 3 rings (SSSR count). The van der Waals surface area contributed by atoms with Gasteiger partial charge in [-0.2, -0.15) is 0 Å². The predicted molar refractivity (Wildman–Crippen MR) is 82.9 cm³/mol. The number of thioether (sulfide) groups is 1. The first-order valence-electron chi connectivity index (χ1n) is 7.14. The molecule has 0 unspecified atom stereocenters. The first kappa shape index (κ1) is 14.9. The molecule has 0 radical (unpaired) electrons. The lowest BCUT2D eigenvalue weighted by atomic mass is 10.2. The van der Waals surface area contributed by atoms with E-state index >= 15 is 0 Å². The molecule has 2 aromatic heterocycles. The number of amides is 1. The maximum Gasteiger partial charge on any atom is 0.258 e. The number of furan rings is 1. The number of hydrogen-bond donors (Lipinski definition) is 1. The van der Waals surface area contributed by atoms with E-state index < -0.39 is 0 Å². The zero-order valence-electron chi connectivity index (χ0n) is 12.3. The highest BCUT2D eigenvalue weighted by Crippen LogP contribution is 2.20. The summed E-state index contributed by atoms with van der Waals surface area (Å²) in [7, 11) is 0. The van der Waals surface area contributed by atoms with Crippen LogP contribution in [0, 0.1) is 0 Å². The summed E-state index contributed by atoms with van der Waals surface area (Å²) in [5.41, 5.74) is 1.57. The third-order valence-electron chi connectivity index (χ3n) is 3.68. The van der Waals surface area contributed by atoms with Crippen molar-refractivity contribution in [2.24, 2.45) is 0 Å². The third-order valence-corrected chi connectivity index (χ3v) is 4.35. The van der Waals surface area contributed by atoms with Crippen LogP contribution in [0.15, 0.2) is 32.8 Å². The maximum absolute atomic E-state index is 12.5. The molecule has 2 aromatic rings. The number of fused-ring (bicyclic) bond motifs is 1. The third kappa shape index (κ3) is 2.94. The fraction of sp³-hybridized carbons (Fsp3) is 0.400. The Labute approximate surface area is 131 Å². The quantitative estimate of drug-likeness (QED) is 0.665. The number of rotatable bonds is 5. The van der Waals surface area contributed by atoms with Crippen LogP contribution < -0.4 is 10.9 Å². The van der Waals surface area contributed by atoms with E-state index in [0.29, 0.717) is 17.5 Å². The predicted octanol–water partition coefficient (Wildman–Crippen LogP) is 1.36. The standard InChI is InChI=1S/C15H17N3O3S/c1-22-15-17-12-6-2-5-11(12)14(20)18(15)9-13(19)16-8-10-4-3-7-21-10/h3-4,7H,2,5-6,8-9H2,1H3,(H,16,19). The summed E-state index contributed by atoms with van der Waals surface area (Å²) in [4.78, 5) is 29.1. The molecule has 0 spiro atoms. The molecule has 1 amide bonds. The first-order chi connectivity index (χ1) is 10.7. The minimum absolute atomic E-state index is 0.0179. The van der Waals surface area contributed by atoms with Gasteiger partial charge in [0.15, 0.2) is 5.16 Å². The van der Waals surface area contributed by atoms with Gasteiger partial charge in [0.1, 0.15) is 12.3 Å². The van der Waals surface area contributed by atoms with Gasteiger partial charge in [0, 0.05) is 5.56 Å². The van der Waals surface area contributed by atoms with Gasteiger partial charge >= 0.3 is 0 Å². The number of carbonyl (C=O) groups excluding carboxylic acids is 1. The van der Waals surface area contributed by atoms with Crippen molar-refractivity contribution in [1.29, 1.82) is 0 Å². The summed E-state index contributed by atoms with van der Waals surface area (Å²) in [6, 6.07) is 3.55. The van der Waals surface area contributed by atoms with Crippen molar-refractivity contribution >= 4 is 17.7 Å². The monoisotopic (exact) mass is 319 g/mol. The summed E-state index contributed by atoms with van der Waals surface area (Å²) >= 11 is 1.39. The lowest BCUT2D eigenvalue weighted by Crippen LogP contribution is -2.34. The van der Waals surface area contributed by atoms with Crippen molar-refractivity contribution in [2.75, 3.05) is 6.26 Å². The Morgan fingerprint density at radius 1 is 1.50 bits per heavy atom. The molecule has 0 aromatic carbocycles. The van der Waals surface area contributed by atoms with Crippen molar-refractivity contribution in [2.45, 2.75) is 37.5 Å². The van der Waals surface area contributed by atoms with Gasteiger partial charge in [-0.25, -0.2) is 4.98 Å². The molecule has 0 saturated heterocycles. The summed E-state index contributed by atoms with van der Waals surface area (Å²) in [6.07, 6.45) is 5.98. The minimum atomic E-state index is -0.228. The van der Waals surface area contributed by atoms with E-state index in [9.17, 15) is 9.59 Å². The van der Waals surface area contributed by atoms with Gasteiger partial charge in [-0.1, -0.05) is 11.8 Å². The van der Waals surface area contributed by atoms with Crippen molar-refractivity contribution in [3.05, 3.63) is 45.8 Å². The van der Waals surface area contributed by atoms with E-state index in [1.807, 2.05) is 6.26 Å². The lowest BCUT2D eigenvalue weighted by Gasteiger charge is -2.12. The fourth-order valence-corrected chi connectivity index (χ4v) is 3.17. The second-order valence-corrected chi connectivity index (χ2v) is 5.90. The number of hydrogen-bond acceptors (Lipinski definition) is 5. The van der Waals surface area contributed by atoms with E-state index in [1.54, 1.807) is 18.4 Å². The van der Waals surface area contributed by atoms with Crippen molar-refractivity contribution < 1.29 is 9.21 Å². The fourth-order valence-electron chi connectivity index (χ4n) is 2.60. The molecule has 116 valence electrons. The van der Waals surface area contributed by atoms with Crippen LogP contribution in [0.2, 0.25) is 0 Å². The summed E-state index contributed by atoms with van der Waals surface area (Å²) < 4.78 is 6.63. The molecule has 7 heteroatoms. The molecule has 2 heterocycles. The van der Waals surface area contributed by atoms with Gasteiger partial charge in [-0.15, -0.1) is 0 Å². The first-order valence-corrected chi connectivity index (χ1v) is 8.37. The average molecular weight is 319 g/mol. The molecule has 1 aliphatic rings. The Morgan fingerprint density at radius 3 is 3.09 bits per heavy atom. The molecule has 6 nitrogen and oxygen atoms in total. The van der Waals surface area contributed by atoms with Crippen molar-refractivity contribution in [3.63, 3.8) is 0 Å². The second-order valence-electron chi connectivity index (χ2n) is 5.12. The molecule has 0 atom stereocenters. The zero-order chi connectivity index (χ0) is 15.5. The Balaban J connectivity index is 1.76. The van der Waals surface area contributed by atoms with Gasteiger partial charge in [-0.3, -0.25) is 14.2 Å². The highest BCUT2D eigenvalue weighted by Gasteiger charge is 2.21. The highest BCUT2D eigenvalue weighted by atomic mass is 32.2. The van der Waals surface area contributed by atoms with Crippen molar-refractivity contribution in [1.82, 2.24) is 14.9 Å². The van der Waals surface area contributed by atoms with E-state index in [0.717, 1.165) is 30.5 Å². The van der Waals surface area contributed by atoms with Gasteiger partial charge in [0.2, 0.25) is 5.91 Å². The lowest BCUT2D eigenvalue weighted by molar-refractivity contribution is -0.122. The zero-order valence-corrected chi connectivity index (χ0v) is 13.1. The topological polar surface area (TPSA) is 77.1 Å². The van der Waals surface area contributed by atoms with Gasteiger partial charge in [-0.05, 0) is 37.7 Å². The van der Waals surface area contributed by atoms with Crippen LogP contribution >= 0.6 is 11.8 Å². The number of nitrogens with one attached hydrogen (secondary N) is 1. The second kappa shape index (κ2) is 6.39. The smallest absolute Gasteiger partial charge is 0.258 e. The Bertz CT molecular complexity index is 737. The van der Waals surface area contributed by atoms with E-state index in [1.165, 1.54) is 16.3 Å². The number of nitrogens with zero attached hydrogens (tertiary/aromatic N) is 2. The van der Waals surface area contributed by atoms with Crippen LogP contribution in [0.4, 0.5) is 0 Å². The SMILES string of the molecule is CSc1nc2c(c(=O)n1CC(=O)NCc1ccco1)CCC2. The normalized spacial score (nSPS) is 13.1. The van der Waals surface area contributed by atoms with E-state index in [4.69, 9.17) is 4.42 Å². The number of aromatic nitrogens is 2. The molecule has 0 bridgehead atoms. The van der Waals surface area contributed by atoms with Crippen LogP contribution in [0.3, 0.4) is 0 Å². The van der Waals surface area contributed by atoms with Gasteiger partial charge < -0.3 is 9.73 Å². The molecule has 22 heavy (non-hydrogen) atoms. The van der Waals surface area contributed by atoms with Gasteiger partial charge in [0.05, 0.1) is 18.5 Å². The van der Waals surface area contributed by atoms with Crippen LogP contribution in [0.1, 0.15) is 23.4 Å². The Kier molecular flexibility index (Phi) is 4.33. The van der Waals surface area contributed by atoms with Crippen LogP contribution in [-0.4, -0.2) is 21.7 Å². The Hall–Kier alpha value is -2.02.